The molecule has 0 N–H and O–H groups in total. The third-order valence-corrected chi connectivity index (χ3v) is 2.07. The van der Waals surface area contributed by atoms with Crippen molar-refractivity contribution in [2.75, 3.05) is 14.2 Å². The van der Waals surface area contributed by atoms with Gasteiger partial charge in [-0.1, -0.05) is 0 Å². The van der Waals surface area contributed by atoms with Crippen LogP contribution in [0.5, 0.6) is 11.6 Å². The summed E-state index contributed by atoms with van der Waals surface area (Å²) in [6.07, 6.45) is -4.25. The monoisotopic (exact) mass is 283 g/mol. The number of halogens is 4. The first kappa shape index (κ1) is 15.0. The van der Waals surface area contributed by atoms with Gasteiger partial charge in [-0.05, 0) is 0 Å². The normalized spacial score (nSPS) is 11.1. The van der Waals surface area contributed by atoms with Crippen molar-refractivity contribution in [3.63, 3.8) is 0 Å². The van der Waals surface area contributed by atoms with E-state index in [1.165, 1.54) is 0 Å². The Morgan fingerprint density at radius 3 is 2.42 bits per heavy atom. The number of rotatable bonds is 4. The van der Waals surface area contributed by atoms with Crippen molar-refractivity contribution in [2.45, 2.75) is 13.0 Å². The second kappa shape index (κ2) is 5.72. The summed E-state index contributed by atoms with van der Waals surface area (Å²) in [5, 5.41) is 0. The summed E-state index contributed by atoms with van der Waals surface area (Å²) in [4.78, 5) is 14.7. The van der Waals surface area contributed by atoms with Crippen molar-refractivity contribution in [1.82, 2.24) is 4.98 Å². The molecule has 0 fully saturated rings. The molecular weight excluding hydrogens is 274 g/mol. The molecule has 0 radical (unpaired) electrons. The van der Waals surface area contributed by atoms with Gasteiger partial charge in [0.25, 0.3) is 0 Å². The van der Waals surface area contributed by atoms with E-state index in [1.807, 2.05) is 0 Å². The van der Waals surface area contributed by atoms with E-state index in [4.69, 9.17) is 4.74 Å². The molecule has 0 spiro atoms. The van der Waals surface area contributed by atoms with Gasteiger partial charge in [0.2, 0.25) is 5.88 Å². The molecule has 1 rings (SSSR count). The average Bonchev–Trinajstić information content (AvgIpc) is 2.35. The second-order valence-corrected chi connectivity index (χ2v) is 3.16. The molecule has 0 amide bonds. The number of esters is 1. The van der Waals surface area contributed by atoms with Gasteiger partial charge in [-0.25, -0.2) is 14.2 Å². The van der Waals surface area contributed by atoms with Gasteiger partial charge < -0.3 is 14.2 Å². The van der Waals surface area contributed by atoms with Crippen molar-refractivity contribution in [2.24, 2.45) is 0 Å². The zero-order chi connectivity index (χ0) is 14.6. The van der Waals surface area contributed by atoms with E-state index in [0.717, 1.165) is 20.4 Å². The second-order valence-electron chi connectivity index (χ2n) is 3.16. The number of aromatic nitrogens is 1. The number of nitrogens with zero attached hydrogens (tertiary/aromatic N) is 1. The van der Waals surface area contributed by atoms with Crippen molar-refractivity contribution in [3.05, 3.63) is 17.3 Å². The van der Waals surface area contributed by atoms with Crippen LogP contribution >= 0.6 is 0 Å². The number of pyridine rings is 1. The lowest BCUT2D eigenvalue weighted by atomic mass is 10.1. The molecule has 0 aromatic carbocycles. The predicted molar refractivity (Wildman–Crippen MR) is 53.6 cm³/mol. The highest BCUT2D eigenvalue weighted by Crippen LogP contribution is 2.32. The Labute approximate surface area is 105 Å². The third kappa shape index (κ3) is 3.46. The summed E-state index contributed by atoms with van der Waals surface area (Å²) in [6.45, 7) is -1.25. The first-order chi connectivity index (χ1) is 8.84. The molecule has 0 aliphatic rings. The summed E-state index contributed by atoms with van der Waals surface area (Å²) < 4.78 is 62.0. The first-order valence-corrected chi connectivity index (χ1v) is 4.80. The maximum Gasteiger partial charge on any atom is 0.574 e. The highest BCUT2D eigenvalue weighted by molar-refractivity contribution is 5.94. The van der Waals surface area contributed by atoms with E-state index < -0.39 is 36.0 Å². The number of carbonyl (C=O) groups is 1. The van der Waals surface area contributed by atoms with E-state index in [2.05, 4.69) is 14.5 Å². The van der Waals surface area contributed by atoms with Crippen LogP contribution in [-0.4, -0.2) is 31.5 Å². The summed E-state index contributed by atoms with van der Waals surface area (Å²) in [6, 6.07) is 0. The van der Waals surface area contributed by atoms with Crippen LogP contribution in [0.4, 0.5) is 17.6 Å². The number of hydrogen-bond donors (Lipinski definition) is 0. The van der Waals surface area contributed by atoms with E-state index in [1.54, 1.807) is 0 Å². The zero-order valence-electron chi connectivity index (χ0n) is 9.88. The Balaban J connectivity index is 3.42. The summed E-state index contributed by atoms with van der Waals surface area (Å²) in [5.41, 5.74) is -1.19. The molecule has 0 saturated heterocycles. The van der Waals surface area contributed by atoms with Crippen molar-refractivity contribution >= 4 is 5.97 Å². The molecule has 19 heavy (non-hydrogen) atoms. The van der Waals surface area contributed by atoms with Gasteiger partial charge in [-0.2, -0.15) is 0 Å². The molecule has 9 heteroatoms. The minimum absolute atomic E-state index is 0.183. The van der Waals surface area contributed by atoms with Gasteiger partial charge in [0.1, 0.15) is 18.0 Å². The Bertz CT molecular complexity index is 475. The van der Waals surface area contributed by atoms with Crippen LogP contribution in [0.15, 0.2) is 6.20 Å². The molecule has 0 aliphatic heterocycles. The molecule has 5 nitrogen and oxygen atoms in total. The molecular formula is C10H9F4NO4. The van der Waals surface area contributed by atoms with Gasteiger partial charge in [-0.15, -0.1) is 13.2 Å². The highest BCUT2D eigenvalue weighted by Gasteiger charge is 2.35. The summed E-state index contributed by atoms with van der Waals surface area (Å²) >= 11 is 0. The standard InChI is InChI=1S/C10H9F4NO4/c1-17-6-4-15-8(19-10(12,13)14)7(5(6)3-11)9(16)18-2/h4H,3H2,1-2H3. The number of hydrogen-bond acceptors (Lipinski definition) is 5. The molecule has 0 unspecified atom stereocenters. The van der Waals surface area contributed by atoms with Gasteiger partial charge in [0.05, 0.1) is 20.4 Å². The third-order valence-electron chi connectivity index (χ3n) is 2.07. The minimum Gasteiger partial charge on any atom is -0.495 e. The molecule has 106 valence electrons. The lowest BCUT2D eigenvalue weighted by Crippen LogP contribution is -2.21. The topological polar surface area (TPSA) is 57.7 Å². The molecule has 1 heterocycles. The summed E-state index contributed by atoms with van der Waals surface area (Å²) in [7, 11) is 2.09. The lowest BCUT2D eigenvalue weighted by molar-refractivity contribution is -0.276. The lowest BCUT2D eigenvalue weighted by Gasteiger charge is -2.15. The van der Waals surface area contributed by atoms with Gasteiger partial charge in [0.15, 0.2) is 0 Å². The SMILES string of the molecule is COC(=O)c1c(OC(F)(F)F)ncc(OC)c1CF. The fourth-order valence-corrected chi connectivity index (χ4v) is 1.32. The quantitative estimate of drug-likeness (QED) is 0.626. The van der Waals surface area contributed by atoms with Crippen LogP contribution in [0.2, 0.25) is 0 Å². The van der Waals surface area contributed by atoms with Crippen LogP contribution < -0.4 is 9.47 Å². The average molecular weight is 283 g/mol. The Morgan fingerprint density at radius 2 is 2.00 bits per heavy atom. The predicted octanol–water partition coefficient (Wildman–Crippen LogP) is 2.24. The maximum absolute atomic E-state index is 12.9. The van der Waals surface area contributed by atoms with E-state index in [9.17, 15) is 22.4 Å². The number of carbonyl (C=O) groups excluding carboxylic acids is 1. The zero-order valence-corrected chi connectivity index (χ0v) is 9.88. The Kier molecular flexibility index (Phi) is 4.52. The fraction of sp³-hybridized carbons (Fsp3) is 0.400. The van der Waals surface area contributed by atoms with Crippen molar-refractivity contribution in [1.29, 1.82) is 0 Å². The largest absolute Gasteiger partial charge is 0.574 e. The molecule has 1 aromatic rings. The van der Waals surface area contributed by atoms with E-state index in [0.29, 0.717) is 0 Å². The molecule has 0 bridgehead atoms. The number of alkyl halides is 4. The van der Waals surface area contributed by atoms with Crippen molar-refractivity contribution in [3.8, 4) is 11.6 Å². The maximum atomic E-state index is 12.9. The van der Waals surface area contributed by atoms with Gasteiger partial charge in [-0.3, -0.25) is 0 Å². The van der Waals surface area contributed by atoms with Crippen LogP contribution in [0.3, 0.4) is 0 Å². The first-order valence-electron chi connectivity index (χ1n) is 4.80. The molecule has 0 aliphatic carbocycles. The fourth-order valence-electron chi connectivity index (χ4n) is 1.32. The number of ether oxygens (including phenoxy) is 3. The Hall–Kier alpha value is -2.06. The smallest absolute Gasteiger partial charge is 0.495 e. The van der Waals surface area contributed by atoms with Crippen LogP contribution in [0.1, 0.15) is 15.9 Å². The van der Waals surface area contributed by atoms with Gasteiger partial charge in [0, 0.05) is 5.56 Å². The Morgan fingerprint density at radius 1 is 1.37 bits per heavy atom. The molecule has 0 atom stereocenters. The van der Waals surface area contributed by atoms with Gasteiger partial charge >= 0.3 is 12.3 Å². The van der Waals surface area contributed by atoms with E-state index in [-0.39, 0.29) is 5.75 Å². The van der Waals surface area contributed by atoms with Crippen LogP contribution in [-0.2, 0) is 11.4 Å². The number of methoxy groups -OCH3 is 2. The summed E-state index contributed by atoms with van der Waals surface area (Å²) in [5.74, 6) is -2.48. The minimum atomic E-state index is -5.07. The highest BCUT2D eigenvalue weighted by atomic mass is 19.4. The molecule has 0 saturated carbocycles. The van der Waals surface area contributed by atoms with Crippen LogP contribution in [0.25, 0.3) is 0 Å². The van der Waals surface area contributed by atoms with E-state index >= 15 is 0 Å². The molecule has 1 aromatic heterocycles. The van der Waals surface area contributed by atoms with Crippen molar-refractivity contribution < 1.29 is 36.6 Å². The van der Waals surface area contributed by atoms with Crippen LogP contribution in [0, 0.1) is 0 Å².